The van der Waals surface area contributed by atoms with Crippen molar-refractivity contribution in [3.8, 4) is 0 Å². The molecule has 1 aromatic heterocycles. The highest BCUT2D eigenvalue weighted by atomic mass is 15.1. The minimum absolute atomic E-state index is 0.202. The van der Waals surface area contributed by atoms with Crippen LogP contribution in [0, 0.1) is 5.41 Å². The van der Waals surface area contributed by atoms with Gasteiger partial charge in [0.2, 0.25) is 0 Å². The molecule has 3 nitrogen and oxygen atoms in total. The molecule has 0 bridgehead atoms. The van der Waals surface area contributed by atoms with Crippen LogP contribution in [-0.4, -0.2) is 23.3 Å². The Morgan fingerprint density at radius 2 is 1.94 bits per heavy atom. The number of likely N-dealkylation sites (N-methyl/N-ethyl adjacent to an activating group) is 1. The van der Waals surface area contributed by atoms with Crippen LogP contribution in [0.1, 0.15) is 26.5 Å². The summed E-state index contributed by atoms with van der Waals surface area (Å²) in [7, 11) is 2.01. The average Bonchev–Trinajstić information content (AvgIpc) is 2.34. The molecule has 0 amide bonds. The van der Waals surface area contributed by atoms with Crippen molar-refractivity contribution in [3.63, 3.8) is 0 Å². The first-order chi connectivity index (χ1) is 8.52. The quantitative estimate of drug-likeness (QED) is 0.900. The molecular weight excluding hydrogens is 222 g/mol. The predicted octanol–water partition coefficient (Wildman–Crippen LogP) is 2.81. The molecule has 2 aromatic rings. The van der Waals surface area contributed by atoms with Gasteiger partial charge in [0.25, 0.3) is 0 Å². The van der Waals surface area contributed by atoms with Crippen molar-refractivity contribution in [1.29, 1.82) is 0 Å². The zero-order chi connectivity index (χ0) is 13.2. The summed E-state index contributed by atoms with van der Waals surface area (Å²) in [6, 6.07) is 8.68. The molecule has 3 heteroatoms. The lowest BCUT2D eigenvalue weighted by Crippen LogP contribution is -2.40. The van der Waals surface area contributed by atoms with Crippen LogP contribution in [-0.2, 0) is 6.42 Å². The number of aromatic nitrogens is 2. The molecule has 96 valence electrons. The van der Waals surface area contributed by atoms with Gasteiger partial charge in [0.05, 0.1) is 11.9 Å². The molecule has 1 atom stereocenters. The topological polar surface area (TPSA) is 37.8 Å². The van der Waals surface area contributed by atoms with Crippen molar-refractivity contribution in [2.75, 3.05) is 7.05 Å². The van der Waals surface area contributed by atoms with Crippen LogP contribution in [0.2, 0.25) is 0 Å². The average molecular weight is 243 g/mol. The lowest BCUT2D eigenvalue weighted by Gasteiger charge is -2.30. The molecule has 0 fully saturated rings. The summed E-state index contributed by atoms with van der Waals surface area (Å²) in [6.45, 7) is 6.73. The minimum Gasteiger partial charge on any atom is -0.316 e. The highest BCUT2D eigenvalue weighted by Crippen LogP contribution is 2.24. The Labute approximate surface area is 109 Å². The fourth-order valence-electron chi connectivity index (χ4n) is 2.27. The van der Waals surface area contributed by atoms with Gasteiger partial charge in [-0.3, -0.25) is 0 Å². The summed E-state index contributed by atoms with van der Waals surface area (Å²) < 4.78 is 0. The number of fused-ring (bicyclic) bond motifs is 1. The van der Waals surface area contributed by atoms with Crippen LogP contribution >= 0.6 is 0 Å². The van der Waals surface area contributed by atoms with E-state index >= 15 is 0 Å². The normalized spacial score (nSPS) is 13.8. The van der Waals surface area contributed by atoms with Crippen molar-refractivity contribution in [2.24, 2.45) is 5.41 Å². The first-order valence-corrected chi connectivity index (χ1v) is 6.39. The molecule has 1 unspecified atom stereocenters. The van der Waals surface area contributed by atoms with Gasteiger partial charge in [0.15, 0.2) is 0 Å². The third kappa shape index (κ3) is 2.67. The van der Waals surface area contributed by atoms with E-state index in [0.29, 0.717) is 6.04 Å². The SMILES string of the molecule is CNC(Cc1nncc2ccccc12)C(C)(C)C. The Morgan fingerprint density at radius 3 is 2.61 bits per heavy atom. The van der Waals surface area contributed by atoms with Crippen LogP contribution in [0.4, 0.5) is 0 Å². The number of benzene rings is 1. The zero-order valence-electron chi connectivity index (χ0n) is 11.6. The summed E-state index contributed by atoms with van der Waals surface area (Å²) in [5.41, 5.74) is 1.27. The maximum atomic E-state index is 4.32. The van der Waals surface area contributed by atoms with Gasteiger partial charge < -0.3 is 5.32 Å². The Bertz CT molecular complexity index is 523. The summed E-state index contributed by atoms with van der Waals surface area (Å²) in [5.74, 6) is 0. The largest absolute Gasteiger partial charge is 0.316 e. The van der Waals surface area contributed by atoms with E-state index in [0.717, 1.165) is 17.5 Å². The van der Waals surface area contributed by atoms with Gasteiger partial charge >= 0.3 is 0 Å². The van der Waals surface area contributed by atoms with Crippen molar-refractivity contribution < 1.29 is 0 Å². The second-order valence-corrected chi connectivity index (χ2v) is 5.79. The maximum absolute atomic E-state index is 4.32. The Hall–Kier alpha value is -1.48. The van der Waals surface area contributed by atoms with Gasteiger partial charge in [-0.1, -0.05) is 45.0 Å². The Kier molecular flexibility index (Phi) is 3.62. The minimum atomic E-state index is 0.202. The standard InChI is InChI=1S/C15H21N3/c1-15(2,3)14(16-4)9-13-12-8-6-5-7-11(12)10-17-18-13/h5-8,10,14,16H,9H2,1-4H3. The molecule has 1 heterocycles. The van der Waals surface area contributed by atoms with Gasteiger partial charge in [-0.15, -0.1) is 0 Å². The second kappa shape index (κ2) is 5.02. The number of nitrogens with zero attached hydrogens (tertiary/aromatic N) is 2. The van der Waals surface area contributed by atoms with Gasteiger partial charge in [0.1, 0.15) is 0 Å². The van der Waals surface area contributed by atoms with Crippen molar-refractivity contribution in [2.45, 2.75) is 33.2 Å². The first-order valence-electron chi connectivity index (χ1n) is 6.39. The highest BCUT2D eigenvalue weighted by molar-refractivity contribution is 5.83. The maximum Gasteiger partial charge on any atom is 0.0725 e. The molecule has 0 saturated carbocycles. The monoisotopic (exact) mass is 243 g/mol. The van der Waals surface area contributed by atoms with E-state index in [1.807, 2.05) is 19.3 Å². The molecule has 0 radical (unpaired) electrons. The summed E-state index contributed by atoms with van der Waals surface area (Å²) in [5, 5.41) is 14.2. The van der Waals surface area contributed by atoms with Crippen LogP contribution in [0.25, 0.3) is 10.8 Å². The van der Waals surface area contributed by atoms with Gasteiger partial charge in [-0.2, -0.15) is 10.2 Å². The number of hydrogen-bond acceptors (Lipinski definition) is 3. The summed E-state index contributed by atoms with van der Waals surface area (Å²) in [6.07, 6.45) is 2.72. The van der Waals surface area contributed by atoms with Crippen molar-refractivity contribution in [1.82, 2.24) is 15.5 Å². The highest BCUT2D eigenvalue weighted by Gasteiger charge is 2.24. The van der Waals surface area contributed by atoms with Crippen LogP contribution in [0.15, 0.2) is 30.5 Å². The molecule has 0 spiro atoms. The van der Waals surface area contributed by atoms with E-state index in [1.54, 1.807) is 0 Å². The van der Waals surface area contributed by atoms with Gasteiger partial charge in [-0.25, -0.2) is 0 Å². The molecule has 2 rings (SSSR count). The number of rotatable bonds is 3. The van der Waals surface area contributed by atoms with E-state index in [9.17, 15) is 0 Å². The molecule has 0 aliphatic heterocycles. The summed E-state index contributed by atoms with van der Waals surface area (Å²) in [4.78, 5) is 0. The molecule has 0 saturated heterocycles. The van der Waals surface area contributed by atoms with Gasteiger partial charge in [0, 0.05) is 23.2 Å². The lowest BCUT2D eigenvalue weighted by molar-refractivity contribution is 0.278. The summed E-state index contributed by atoms with van der Waals surface area (Å²) >= 11 is 0. The molecular formula is C15H21N3. The van der Waals surface area contributed by atoms with Crippen molar-refractivity contribution >= 4 is 10.8 Å². The first kappa shape index (κ1) is 13.0. The number of nitrogens with one attached hydrogen (secondary N) is 1. The molecule has 1 aromatic carbocycles. The number of hydrogen-bond donors (Lipinski definition) is 1. The molecule has 1 N–H and O–H groups in total. The zero-order valence-corrected chi connectivity index (χ0v) is 11.6. The van der Waals surface area contributed by atoms with Crippen molar-refractivity contribution in [3.05, 3.63) is 36.2 Å². The molecule has 0 aliphatic carbocycles. The van der Waals surface area contributed by atoms with Crippen LogP contribution in [0.3, 0.4) is 0 Å². The van der Waals surface area contributed by atoms with E-state index < -0.39 is 0 Å². The third-order valence-electron chi connectivity index (χ3n) is 3.44. The van der Waals surface area contributed by atoms with Crippen LogP contribution in [0.5, 0.6) is 0 Å². The molecule has 0 aliphatic rings. The fourth-order valence-corrected chi connectivity index (χ4v) is 2.27. The van der Waals surface area contributed by atoms with E-state index in [2.05, 4.69) is 54.5 Å². The molecule has 18 heavy (non-hydrogen) atoms. The van der Waals surface area contributed by atoms with E-state index in [1.165, 1.54) is 5.39 Å². The smallest absolute Gasteiger partial charge is 0.0725 e. The predicted molar refractivity (Wildman–Crippen MR) is 75.5 cm³/mol. The van der Waals surface area contributed by atoms with Crippen LogP contribution < -0.4 is 5.32 Å². The third-order valence-corrected chi connectivity index (χ3v) is 3.44. The van der Waals surface area contributed by atoms with E-state index in [-0.39, 0.29) is 5.41 Å². The van der Waals surface area contributed by atoms with E-state index in [4.69, 9.17) is 0 Å². The Morgan fingerprint density at radius 1 is 1.22 bits per heavy atom. The second-order valence-electron chi connectivity index (χ2n) is 5.79. The fraction of sp³-hybridized carbons (Fsp3) is 0.467. The van der Waals surface area contributed by atoms with Gasteiger partial charge in [-0.05, 0) is 12.5 Å². The Balaban J connectivity index is 2.37. The lowest BCUT2D eigenvalue weighted by atomic mass is 9.83.